The van der Waals surface area contributed by atoms with E-state index in [1.54, 1.807) is 6.07 Å². The van der Waals surface area contributed by atoms with Crippen LogP contribution in [-0.2, 0) is 11.2 Å². The predicted octanol–water partition coefficient (Wildman–Crippen LogP) is 3.14. The summed E-state index contributed by atoms with van der Waals surface area (Å²) in [5.74, 6) is -3.18. The average Bonchev–Trinajstić information content (AvgIpc) is 3.27. The molecule has 0 unspecified atom stereocenters. The fourth-order valence-electron chi connectivity index (χ4n) is 3.05. The standard InChI is InChI=1S/C21H11ClF2N4O4/c22-14-4-3-13-12(9-26-19(13)18(14)24)7-16-20(30)28(21(31)27-16)32-17(29)6-10-1-2-11(8-25)15(23)5-10/h1-5,7,9,30H,6H2,(H,27,31). The van der Waals surface area contributed by atoms with Crippen LogP contribution in [0.4, 0.5) is 14.5 Å². The van der Waals surface area contributed by atoms with Crippen molar-refractivity contribution >= 4 is 41.1 Å². The van der Waals surface area contributed by atoms with Gasteiger partial charge in [0.2, 0.25) is 0 Å². The highest BCUT2D eigenvalue weighted by molar-refractivity contribution is 6.31. The second-order valence-electron chi connectivity index (χ2n) is 6.64. The van der Waals surface area contributed by atoms with Crippen LogP contribution in [0.25, 0.3) is 11.6 Å². The summed E-state index contributed by atoms with van der Waals surface area (Å²) < 4.78 is 28.1. The molecule has 1 aromatic heterocycles. The lowest BCUT2D eigenvalue weighted by Crippen LogP contribution is -2.29. The van der Waals surface area contributed by atoms with Crippen molar-refractivity contribution < 1.29 is 23.5 Å². The highest BCUT2D eigenvalue weighted by atomic mass is 35.5. The minimum atomic E-state index is -0.964. The number of allylic oxidation sites excluding steroid dienone is 1. The zero-order valence-corrected chi connectivity index (χ0v) is 16.7. The van der Waals surface area contributed by atoms with Crippen LogP contribution in [0, 0.1) is 23.0 Å². The molecule has 2 N–H and O–H groups in total. The molecule has 0 atom stereocenters. The van der Waals surface area contributed by atoms with Gasteiger partial charge in [0.15, 0.2) is 5.82 Å². The molecular formula is C21H11ClF2N4O4. The van der Waals surface area contributed by atoms with Gasteiger partial charge in [-0.05, 0) is 29.8 Å². The van der Waals surface area contributed by atoms with Crippen LogP contribution < -0.4 is 10.5 Å². The van der Waals surface area contributed by atoms with Gasteiger partial charge < -0.3 is 14.9 Å². The minimum Gasteiger partial charge on any atom is -0.491 e. The van der Waals surface area contributed by atoms with Crippen LogP contribution in [0.15, 0.2) is 40.1 Å². The lowest BCUT2D eigenvalue weighted by atomic mass is 10.1. The fraction of sp³-hybridized carbons (Fsp3) is 0.0476. The normalized spacial score (nSPS) is 13.2. The molecule has 11 heteroatoms. The Labute approximate surface area is 183 Å². The van der Waals surface area contributed by atoms with Gasteiger partial charge in [-0.2, -0.15) is 5.26 Å². The van der Waals surface area contributed by atoms with Gasteiger partial charge in [-0.3, -0.25) is 4.99 Å². The number of carbonyl (C=O) groups excluding carboxylic acids is 1. The van der Waals surface area contributed by atoms with Crippen LogP contribution in [0.1, 0.15) is 22.4 Å². The van der Waals surface area contributed by atoms with Crippen molar-refractivity contribution in [3.05, 3.63) is 79.9 Å². The minimum absolute atomic E-state index is 0.0195. The summed E-state index contributed by atoms with van der Waals surface area (Å²) in [7, 11) is 0. The first-order valence-electron chi connectivity index (χ1n) is 8.96. The number of nitriles is 1. The first-order valence-corrected chi connectivity index (χ1v) is 9.34. The van der Waals surface area contributed by atoms with E-state index in [2.05, 4.69) is 9.98 Å². The van der Waals surface area contributed by atoms with Gasteiger partial charge >= 0.3 is 11.7 Å². The number of nitrogens with one attached hydrogen (secondary N) is 1. The van der Waals surface area contributed by atoms with Crippen LogP contribution in [-0.4, -0.2) is 27.0 Å². The SMILES string of the molecule is N#Cc1ccc(CC(=O)On2c(O)c(C=C3C=Nc4c3ccc(Cl)c4F)[nH]c2=O)cc1F. The van der Waals surface area contributed by atoms with Gasteiger partial charge in [0.25, 0.3) is 5.88 Å². The van der Waals surface area contributed by atoms with Crippen LogP contribution >= 0.6 is 11.6 Å². The highest BCUT2D eigenvalue weighted by Gasteiger charge is 2.21. The van der Waals surface area contributed by atoms with Gasteiger partial charge in [-0.1, -0.05) is 28.5 Å². The second kappa shape index (κ2) is 8.13. The predicted molar refractivity (Wildman–Crippen MR) is 111 cm³/mol. The Morgan fingerprint density at radius 1 is 1.34 bits per heavy atom. The average molecular weight is 457 g/mol. The van der Waals surface area contributed by atoms with E-state index in [0.29, 0.717) is 15.9 Å². The number of carbonyl (C=O) groups is 1. The number of aromatic nitrogens is 2. The third kappa shape index (κ3) is 3.77. The van der Waals surface area contributed by atoms with Crippen LogP contribution in [0.2, 0.25) is 5.02 Å². The number of nitrogens with zero attached hydrogens (tertiary/aromatic N) is 3. The Morgan fingerprint density at radius 2 is 2.12 bits per heavy atom. The van der Waals surface area contributed by atoms with Gasteiger partial charge in [0.1, 0.15) is 23.3 Å². The van der Waals surface area contributed by atoms with Crippen molar-refractivity contribution in [1.82, 2.24) is 9.71 Å². The van der Waals surface area contributed by atoms with E-state index in [9.17, 15) is 23.5 Å². The molecule has 2 heterocycles. The number of benzene rings is 2. The molecule has 1 aliphatic rings. The Morgan fingerprint density at radius 3 is 2.84 bits per heavy atom. The molecule has 4 rings (SSSR count). The van der Waals surface area contributed by atoms with E-state index in [0.717, 1.165) is 6.07 Å². The van der Waals surface area contributed by atoms with Crippen molar-refractivity contribution in [2.24, 2.45) is 4.99 Å². The number of halogens is 3. The van der Waals surface area contributed by atoms with E-state index < -0.39 is 35.6 Å². The molecule has 0 fully saturated rings. The first kappa shape index (κ1) is 21.0. The van der Waals surface area contributed by atoms with E-state index >= 15 is 0 Å². The summed E-state index contributed by atoms with van der Waals surface area (Å²) >= 11 is 5.74. The summed E-state index contributed by atoms with van der Waals surface area (Å²) in [5.41, 5.74) is -0.262. The Hall–Kier alpha value is -4.23. The van der Waals surface area contributed by atoms with Crippen molar-refractivity contribution in [2.75, 3.05) is 0 Å². The lowest BCUT2D eigenvalue weighted by Gasteiger charge is -2.05. The summed E-state index contributed by atoms with van der Waals surface area (Å²) in [6.07, 6.45) is 2.22. The number of hydrogen-bond acceptors (Lipinski definition) is 6. The largest absolute Gasteiger partial charge is 0.491 e. The molecule has 0 bridgehead atoms. The number of H-pyrrole nitrogens is 1. The molecule has 3 aromatic rings. The van der Waals surface area contributed by atoms with E-state index in [1.165, 1.54) is 36.6 Å². The molecule has 8 nitrogen and oxygen atoms in total. The maximum absolute atomic E-state index is 14.1. The monoisotopic (exact) mass is 456 g/mol. The number of aliphatic imine (C=N–C) groups is 1. The molecule has 0 amide bonds. The van der Waals surface area contributed by atoms with Gasteiger partial charge in [0, 0.05) is 17.4 Å². The van der Waals surface area contributed by atoms with Gasteiger partial charge in [-0.15, -0.1) is 0 Å². The van der Waals surface area contributed by atoms with Crippen molar-refractivity contribution in [1.29, 1.82) is 5.26 Å². The zero-order chi connectivity index (χ0) is 23.0. The maximum Gasteiger partial charge on any atom is 0.363 e. The number of fused-ring (bicyclic) bond motifs is 1. The number of aromatic amines is 1. The molecule has 32 heavy (non-hydrogen) atoms. The summed E-state index contributed by atoms with van der Waals surface area (Å²) in [6.45, 7) is 0. The smallest absolute Gasteiger partial charge is 0.363 e. The third-order valence-electron chi connectivity index (χ3n) is 4.57. The maximum atomic E-state index is 14.1. The lowest BCUT2D eigenvalue weighted by molar-refractivity contribution is -0.144. The summed E-state index contributed by atoms with van der Waals surface area (Å²) in [5, 5.41) is 19.0. The number of hydrogen-bond donors (Lipinski definition) is 2. The summed E-state index contributed by atoms with van der Waals surface area (Å²) in [6, 6.07) is 8.10. The molecular weight excluding hydrogens is 446 g/mol. The van der Waals surface area contributed by atoms with E-state index in [-0.39, 0.29) is 27.5 Å². The molecule has 0 saturated carbocycles. The van der Waals surface area contributed by atoms with E-state index in [4.69, 9.17) is 21.7 Å². The Kier molecular flexibility index (Phi) is 5.34. The van der Waals surface area contributed by atoms with Gasteiger partial charge in [-0.25, -0.2) is 18.4 Å². The molecule has 160 valence electrons. The van der Waals surface area contributed by atoms with Crippen molar-refractivity contribution in [2.45, 2.75) is 6.42 Å². The Balaban J connectivity index is 1.57. The molecule has 2 aromatic carbocycles. The van der Waals surface area contributed by atoms with Crippen molar-refractivity contribution in [3.8, 4) is 11.9 Å². The number of aromatic hydroxyl groups is 1. The van der Waals surface area contributed by atoms with Crippen molar-refractivity contribution in [3.63, 3.8) is 0 Å². The third-order valence-corrected chi connectivity index (χ3v) is 4.86. The van der Waals surface area contributed by atoms with E-state index in [1.807, 2.05) is 0 Å². The first-order chi connectivity index (χ1) is 15.3. The molecule has 1 aliphatic heterocycles. The fourth-order valence-corrected chi connectivity index (χ4v) is 3.20. The number of rotatable bonds is 4. The highest BCUT2D eigenvalue weighted by Crippen LogP contribution is 2.38. The van der Waals surface area contributed by atoms with Gasteiger partial charge in [0.05, 0.1) is 17.0 Å². The summed E-state index contributed by atoms with van der Waals surface area (Å²) in [4.78, 5) is 35.4. The molecule has 0 saturated heterocycles. The molecule has 0 spiro atoms. The molecule has 0 aliphatic carbocycles. The van der Waals surface area contributed by atoms with Crippen LogP contribution in [0.5, 0.6) is 5.88 Å². The quantitative estimate of drug-likeness (QED) is 0.624. The second-order valence-corrected chi connectivity index (χ2v) is 7.05. The molecule has 0 radical (unpaired) electrons. The topological polar surface area (TPSA) is 120 Å². The number of imidazole rings is 1. The Bertz CT molecular complexity index is 1430. The van der Waals surface area contributed by atoms with Crippen LogP contribution in [0.3, 0.4) is 0 Å². The zero-order valence-electron chi connectivity index (χ0n) is 15.9.